The fourth-order valence-corrected chi connectivity index (χ4v) is 1.75. The van der Waals surface area contributed by atoms with Gasteiger partial charge in [-0.25, -0.2) is 5.84 Å². The third kappa shape index (κ3) is 1.96. The first-order valence-corrected chi connectivity index (χ1v) is 4.28. The molecule has 0 aromatic carbocycles. The summed E-state index contributed by atoms with van der Waals surface area (Å²) in [4.78, 5) is -0.123. The summed E-state index contributed by atoms with van der Waals surface area (Å²) >= 11 is 0.860. The normalized spacial score (nSPS) is 13.0. The summed E-state index contributed by atoms with van der Waals surface area (Å²) in [5, 5.41) is 4.41. The summed E-state index contributed by atoms with van der Waals surface area (Å²) in [5.74, 6) is 9.65. The van der Waals surface area contributed by atoms with E-state index in [1.165, 1.54) is 5.38 Å². The van der Waals surface area contributed by atoms with Crippen LogP contribution in [-0.2, 0) is 6.18 Å². The Balaban J connectivity index is 3.17. The molecule has 1 aromatic rings. The van der Waals surface area contributed by atoms with Gasteiger partial charge in [0.05, 0.1) is 10.4 Å². The predicted octanol–water partition coefficient (Wildman–Crippen LogP) is 0.851. The van der Waals surface area contributed by atoms with Crippen LogP contribution in [0.5, 0.6) is 0 Å². The van der Waals surface area contributed by atoms with Gasteiger partial charge in [-0.1, -0.05) is 0 Å². The van der Waals surface area contributed by atoms with Crippen molar-refractivity contribution in [3.05, 3.63) is 21.9 Å². The molecule has 0 saturated heterocycles. The molecule has 0 aliphatic rings. The minimum atomic E-state index is -4.43. The van der Waals surface area contributed by atoms with Crippen molar-refractivity contribution in [1.82, 2.24) is 5.43 Å². The van der Waals surface area contributed by atoms with Crippen LogP contribution in [0.15, 0.2) is 16.5 Å². The van der Waals surface area contributed by atoms with Crippen LogP contribution >= 0.6 is 11.3 Å². The lowest BCUT2D eigenvalue weighted by atomic mass is 10.2. The van der Waals surface area contributed by atoms with Crippen LogP contribution in [0.4, 0.5) is 13.2 Å². The molecule has 0 amide bonds. The molecule has 8 heteroatoms. The van der Waals surface area contributed by atoms with Gasteiger partial charge in [0, 0.05) is 0 Å². The van der Waals surface area contributed by atoms with Crippen molar-refractivity contribution >= 4 is 17.2 Å². The van der Waals surface area contributed by atoms with Gasteiger partial charge in [-0.2, -0.15) is 18.3 Å². The SMILES string of the molecule is N/N=C(\NN)c1sccc1C(F)(F)F. The van der Waals surface area contributed by atoms with E-state index in [4.69, 9.17) is 11.7 Å². The first-order valence-electron chi connectivity index (χ1n) is 3.40. The molecule has 0 atom stereocenters. The number of hydrazine groups is 1. The van der Waals surface area contributed by atoms with Crippen molar-refractivity contribution < 1.29 is 13.2 Å². The molecule has 4 nitrogen and oxygen atoms in total. The van der Waals surface area contributed by atoms with Gasteiger partial charge in [0.2, 0.25) is 0 Å². The van der Waals surface area contributed by atoms with E-state index in [0.717, 1.165) is 17.4 Å². The highest BCUT2D eigenvalue weighted by molar-refractivity contribution is 7.12. The van der Waals surface area contributed by atoms with E-state index >= 15 is 0 Å². The highest BCUT2D eigenvalue weighted by atomic mass is 32.1. The molecule has 1 rings (SSSR count). The standard InChI is InChI=1S/C6H7F3N4S/c7-6(8,9)3-1-2-14-4(3)5(12-10)13-11/h1-2H,10-11H2,(H,12,13). The van der Waals surface area contributed by atoms with E-state index in [0.29, 0.717) is 0 Å². The van der Waals surface area contributed by atoms with Gasteiger partial charge in [-0.15, -0.1) is 11.3 Å². The molecule has 0 bridgehead atoms. The summed E-state index contributed by atoms with van der Waals surface area (Å²) in [5.41, 5.74) is 1.20. The summed E-state index contributed by atoms with van der Waals surface area (Å²) < 4.78 is 37.1. The Labute approximate surface area is 81.4 Å². The Kier molecular flexibility index (Phi) is 2.96. The van der Waals surface area contributed by atoms with Gasteiger partial charge < -0.3 is 11.3 Å². The average Bonchev–Trinajstić information content (AvgIpc) is 2.54. The summed E-state index contributed by atoms with van der Waals surface area (Å²) in [6.45, 7) is 0. The molecule has 0 spiro atoms. The zero-order valence-electron chi connectivity index (χ0n) is 6.80. The lowest BCUT2D eigenvalue weighted by molar-refractivity contribution is -0.137. The monoisotopic (exact) mass is 224 g/mol. The molecule has 14 heavy (non-hydrogen) atoms. The molecule has 1 aromatic heterocycles. The van der Waals surface area contributed by atoms with Crippen molar-refractivity contribution in [3.63, 3.8) is 0 Å². The number of hydrogen-bond donors (Lipinski definition) is 3. The molecule has 0 saturated carbocycles. The highest BCUT2D eigenvalue weighted by Crippen LogP contribution is 2.34. The van der Waals surface area contributed by atoms with E-state index in [-0.39, 0.29) is 10.7 Å². The van der Waals surface area contributed by atoms with Gasteiger partial charge in [0.1, 0.15) is 0 Å². The first kappa shape index (κ1) is 10.8. The Morgan fingerprint density at radius 1 is 1.50 bits per heavy atom. The number of amidine groups is 1. The van der Waals surface area contributed by atoms with E-state index in [9.17, 15) is 13.2 Å². The summed E-state index contributed by atoms with van der Waals surface area (Å²) in [6.07, 6.45) is -4.43. The maximum atomic E-state index is 12.4. The quantitative estimate of drug-likeness (QED) is 0.286. The summed E-state index contributed by atoms with van der Waals surface area (Å²) in [6, 6.07) is 0.947. The third-order valence-corrected chi connectivity index (χ3v) is 2.37. The lowest BCUT2D eigenvalue weighted by Crippen LogP contribution is -2.32. The second-order valence-electron chi connectivity index (χ2n) is 2.28. The lowest BCUT2D eigenvalue weighted by Gasteiger charge is -2.08. The Morgan fingerprint density at radius 2 is 2.14 bits per heavy atom. The van der Waals surface area contributed by atoms with Crippen LogP contribution in [0.2, 0.25) is 0 Å². The van der Waals surface area contributed by atoms with Crippen LogP contribution in [0.3, 0.4) is 0 Å². The number of nitrogens with zero attached hydrogens (tertiary/aromatic N) is 1. The molecule has 0 aliphatic carbocycles. The molecular formula is C6H7F3N4S. The minimum Gasteiger partial charge on any atom is -0.321 e. The number of hydrazone groups is 1. The van der Waals surface area contributed by atoms with Gasteiger partial charge in [0.25, 0.3) is 0 Å². The highest BCUT2D eigenvalue weighted by Gasteiger charge is 2.35. The number of thiophene rings is 1. The van der Waals surface area contributed by atoms with Crippen LogP contribution in [0.25, 0.3) is 0 Å². The fourth-order valence-electron chi connectivity index (χ4n) is 0.877. The topological polar surface area (TPSA) is 76.4 Å². The van der Waals surface area contributed by atoms with E-state index < -0.39 is 11.7 Å². The summed E-state index contributed by atoms with van der Waals surface area (Å²) in [7, 11) is 0. The molecule has 1 heterocycles. The van der Waals surface area contributed by atoms with Crippen molar-refractivity contribution in [2.45, 2.75) is 6.18 Å². The van der Waals surface area contributed by atoms with Gasteiger partial charge in [0.15, 0.2) is 5.84 Å². The fraction of sp³-hybridized carbons (Fsp3) is 0.167. The van der Waals surface area contributed by atoms with Crippen molar-refractivity contribution in [3.8, 4) is 0 Å². The van der Waals surface area contributed by atoms with Crippen molar-refractivity contribution in [2.75, 3.05) is 0 Å². The number of nitrogens with two attached hydrogens (primary N) is 2. The molecule has 0 aliphatic heterocycles. The zero-order valence-corrected chi connectivity index (χ0v) is 7.62. The average molecular weight is 224 g/mol. The van der Waals surface area contributed by atoms with E-state index in [2.05, 4.69) is 5.10 Å². The number of nitrogens with one attached hydrogen (secondary N) is 1. The van der Waals surface area contributed by atoms with E-state index in [1.54, 1.807) is 0 Å². The van der Waals surface area contributed by atoms with Crippen LogP contribution < -0.4 is 17.1 Å². The predicted molar refractivity (Wildman–Crippen MR) is 47.4 cm³/mol. The second-order valence-corrected chi connectivity index (χ2v) is 3.20. The first-order chi connectivity index (χ1) is 6.50. The zero-order chi connectivity index (χ0) is 10.8. The van der Waals surface area contributed by atoms with E-state index in [1.807, 2.05) is 5.43 Å². The largest absolute Gasteiger partial charge is 0.417 e. The third-order valence-electron chi connectivity index (χ3n) is 1.45. The molecule has 0 radical (unpaired) electrons. The number of alkyl halides is 3. The maximum Gasteiger partial charge on any atom is 0.417 e. The van der Waals surface area contributed by atoms with Crippen LogP contribution in [-0.4, -0.2) is 5.84 Å². The maximum absolute atomic E-state index is 12.4. The minimum absolute atomic E-state index is 0.123. The molecule has 78 valence electrons. The van der Waals surface area contributed by atoms with Crippen LogP contribution in [0.1, 0.15) is 10.4 Å². The smallest absolute Gasteiger partial charge is 0.321 e. The Morgan fingerprint density at radius 3 is 2.57 bits per heavy atom. The van der Waals surface area contributed by atoms with Gasteiger partial charge in [-0.3, -0.25) is 0 Å². The second kappa shape index (κ2) is 3.84. The molecular weight excluding hydrogens is 217 g/mol. The number of halogens is 3. The molecule has 5 N–H and O–H groups in total. The van der Waals surface area contributed by atoms with Gasteiger partial charge >= 0.3 is 6.18 Å². The van der Waals surface area contributed by atoms with Crippen LogP contribution in [0, 0.1) is 0 Å². The number of hydrogen-bond acceptors (Lipinski definition) is 4. The Bertz CT molecular complexity index is 343. The number of rotatable bonds is 1. The van der Waals surface area contributed by atoms with Gasteiger partial charge in [-0.05, 0) is 11.4 Å². The van der Waals surface area contributed by atoms with Crippen molar-refractivity contribution in [2.24, 2.45) is 16.8 Å². The van der Waals surface area contributed by atoms with Crippen molar-refractivity contribution in [1.29, 1.82) is 0 Å². The Hall–Kier alpha value is -1.28. The molecule has 0 fully saturated rings. The molecule has 0 unspecified atom stereocenters.